The van der Waals surface area contributed by atoms with Gasteiger partial charge in [-0.1, -0.05) is 54.1 Å². The van der Waals surface area contributed by atoms with Crippen molar-refractivity contribution >= 4 is 23.2 Å². The number of nitrogens with one attached hydrogen (secondary N) is 2. The summed E-state index contributed by atoms with van der Waals surface area (Å²) in [4.78, 5) is 12.1. The number of carbonyl (C=O) groups excluding carboxylic acids is 1. The van der Waals surface area contributed by atoms with Crippen LogP contribution in [0.3, 0.4) is 0 Å². The first-order valence-corrected chi connectivity index (χ1v) is 7.23. The summed E-state index contributed by atoms with van der Waals surface area (Å²) in [5.41, 5.74) is 9.51. The maximum atomic E-state index is 12.1. The summed E-state index contributed by atoms with van der Waals surface area (Å²) in [5, 5.41) is 0.440. The number of hydrogen-bond acceptors (Lipinski definition) is 2. The highest BCUT2D eigenvalue weighted by Gasteiger charge is 2.13. The van der Waals surface area contributed by atoms with E-state index in [4.69, 9.17) is 11.6 Å². The number of halogens is 1. The van der Waals surface area contributed by atoms with E-state index >= 15 is 0 Å². The molecular formula is C17H15ClN2O. The highest BCUT2D eigenvalue weighted by atomic mass is 35.5. The molecular weight excluding hydrogens is 284 g/mol. The second-order valence-electron chi connectivity index (χ2n) is 4.87. The maximum Gasteiger partial charge on any atom is 0.271 e. The molecule has 0 saturated heterocycles. The molecule has 1 aliphatic rings. The van der Waals surface area contributed by atoms with Crippen LogP contribution in [0.25, 0.3) is 5.70 Å². The van der Waals surface area contributed by atoms with Crippen molar-refractivity contribution in [3.63, 3.8) is 0 Å². The van der Waals surface area contributed by atoms with Gasteiger partial charge in [-0.15, -0.1) is 0 Å². The van der Waals surface area contributed by atoms with E-state index in [9.17, 15) is 4.79 Å². The van der Waals surface area contributed by atoms with Gasteiger partial charge in [0.05, 0.1) is 16.3 Å². The Balaban J connectivity index is 1.73. The van der Waals surface area contributed by atoms with Gasteiger partial charge in [0.15, 0.2) is 0 Å². The first-order chi connectivity index (χ1) is 10.3. The molecule has 0 atom stereocenters. The number of benzene rings is 2. The topological polar surface area (TPSA) is 41.1 Å². The van der Waals surface area contributed by atoms with Gasteiger partial charge in [0.25, 0.3) is 5.91 Å². The van der Waals surface area contributed by atoms with Crippen molar-refractivity contribution in [2.45, 2.75) is 12.8 Å². The minimum atomic E-state index is -0.246. The van der Waals surface area contributed by atoms with Crippen molar-refractivity contribution in [2.24, 2.45) is 0 Å². The molecule has 4 heteroatoms. The van der Waals surface area contributed by atoms with E-state index in [1.54, 1.807) is 24.3 Å². The monoisotopic (exact) mass is 298 g/mol. The minimum Gasteiger partial charge on any atom is -0.298 e. The van der Waals surface area contributed by atoms with E-state index < -0.39 is 0 Å². The average molecular weight is 299 g/mol. The van der Waals surface area contributed by atoms with Crippen molar-refractivity contribution in [3.05, 3.63) is 76.3 Å². The molecule has 1 amide bonds. The molecule has 21 heavy (non-hydrogen) atoms. The lowest BCUT2D eigenvalue weighted by Crippen LogP contribution is -2.36. The van der Waals surface area contributed by atoms with E-state index in [0.29, 0.717) is 10.6 Å². The summed E-state index contributed by atoms with van der Waals surface area (Å²) >= 11 is 6.02. The van der Waals surface area contributed by atoms with Gasteiger partial charge in [-0.3, -0.25) is 15.6 Å². The highest BCUT2D eigenvalue weighted by molar-refractivity contribution is 6.33. The average Bonchev–Trinajstić information content (AvgIpc) is 2.53. The van der Waals surface area contributed by atoms with Crippen LogP contribution in [0.5, 0.6) is 0 Å². The lowest BCUT2D eigenvalue weighted by molar-refractivity contribution is 0.0942. The largest absolute Gasteiger partial charge is 0.298 e. The van der Waals surface area contributed by atoms with Gasteiger partial charge in [0, 0.05) is 5.56 Å². The van der Waals surface area contributed by atoms with Crippen molar-refractivity contribution in [3.8, 4) is 0 Å². The number of aryl methyl sites for hydroxylation is 1. The van der Waals surface area contributed by atoms with E-state index in [0.717, 1.165) is 24.1 Å². The molecule has 0 saturated carbocycles. The summed E-state index contributed by atoms with van der Waals surface area (Å²) in [7, 11) is 0. The molecule has 0 radical (unpaired) electrons. The highest BCUT2D eigenvalue weighted by Crippen LogP contribution is 2.23. The number of allylic oxidation sites excluding steroid dienone is 1. The van der Waals surface area contributed by atoms with Crippen LogP contribution >= 0.6 is 11.6 Å². The number of hydrogen-bond donors (Lipinski definition) is 2. The predicted octanol–water partition coefficient (Wildman–Crippen LogP) is 3.56. The van der Waals surface area contributed by atoms with Crippen LogP contribution < -0.4 is 10.9 Å². The minimum absolute atomic E-state index is 0.246. The fraction of sp³-hybridized carbons (Fsp3) is 0.118. The Morgan fingerprint density at radius 1 is 1.05 bits per heavy atom. The lowest BCUT2D eigenvalue weighted by atomic mass is 9.95. The van der Waals surface area contributed by atoms with Crippen molar-refractivity contribution in [1.82, 2.24) is 10.9 Å². The van der Waals surface area contributed by atoms with Crippen molar-refractivity contribution in [2.75, 3.05) is 0 Å². The van der Waals surface area contributed by atoms with Crippen LogP contribution in [0, 0.1) is 0 Å². The van der Waals surface area contributed by atoms with E-state index in [1.165, 1.54) is 5.56 Å². The molecule has 106 valence electrons. The summed E-state index contributed by atoms with van der Waals surface area (Å²) in [6.07, 6.45) is 4.08. The number of hydrazine groups is 1. The van der Waals surface area contributed by atoms with Crippen LogP contribution in [0.15, 0.2) is 54.6 Å². The maximum absolute atomic E-state index is 12.1. The summed E-state index contributed by atoms with van der Waals surface area (Å²) in [5.74, 6) is -0.246. The number of carbonyl (C=O) groups is 1. The van der Waals surface area contributed by atoms with Gasteiger partial charge >= 0.3 is 0 Å². The van der Waals surface area contributed by atoms with Crippen LogP contribution in [-0.4, -0.2) is 5.91 Å². The van der Waals surface area contributed by atoms with Gasteiger partial charge in [-0.2, -0.15) is 0 Å². The molecule has 0 fully saturated rings. The second-order valence-corrected chi connectivity index (χ2v) is 5.28. The Hall–Kier alpha value is -2.26. The Labute approximate surface area is 128 Å². The SMILES string of the molecule is O=C(NNC1=CCCc2ccccc21)c1ccccc1Cl. The summed E-state index contributed by atoms with van der Waals surface area (Å²) in [6, 6.07) is 15.2. The predicted molar refractivity (Wildman–Crippen MR) is 84.8 cm³/mol. The van der Waals surface area contributed by atoms with Crippen LogP contribution in [0.2, 0.25) is 5.02 Å². The molecule has 0 aliphatic heterocycles. The molecule has 0 spiro atoms. The molecule has 2 N–H and O–H groups in total. The molecule has 0 aromatic heterocycles. The third-order valence-electron chi connectivity index (χ3n) is 3.50. The third kappa shape index (κ3) is 2.93. The van der Waals surface area contributed by atoms with Crippen LogP contribution in [0.4, 0.5) is 0 Å². The smallest absolute Gasteiger partial charge is 0.271 e. The normalized spacial score (nSPS) is 13.1. The number of amides is 1. The Morgan fingerprint density at radius 3 is 2.67 bits per heavy atom. The molecule has 0 heterocycles. The Bertz CT molecular complexity index is 709. The van der Waals surface area contributed by atoms with E-state index in [1.807, 2.05) is 12.1 Å². The third-order valence-corrected chi connectivity index (χ3v) is 3.83. The first kappa shape index (κ1) is 13.7. The molecule has 2 aromatic rings. The van der Waals surface area contributed by atoms with Crippen molar-refractivity contribution < 1.29 is 4.79 Å². The summed E-state index contributed by atoms with van der Waals surface area (Å²) in [6.45, 7) is 0. The quantitative estimate of drug-likeness (QED) is 0.851. The van der Waals surface area contributed by atoms with Crippen LogP contribution in [-0.2, 0) is 6.42 Å². The standard InChI is InChI=1S/C17H15ClN2O/c18-15-10-4-3-9-14(15)17(21)20-19-16-11-5-7-12-6-1-2-8-13(12)16/h1-4,6,8-11,19H,5,7H2,(H,20,21). The van der Waals surface area contributed by atoms with Crippen molar-refractivity contribution in [1.29, 1.82) is 0 Å². The molecule has 1 aliphatic carbocycles. The second kappa shape index (κ2) is 6.02. The molecule has 3 rings (SSSR count). The van der Waals surface area contributed by atoms with Gasteiger partial charge in [-0.05, 0) is 30.5 Å². The Kier molecular flexibility index (Phi) is 3.93. The lowest BCUT2D eigenvalue weighted by Gasteiger charge is -2.19. The number of fused-ring (bicyclic) bond motifs is 1. The zero-order chi connectivity index (χ0) is 14.7. The Morgan fingerprint density at radius 2 is 1.81 bits per heavy atom. The molecule has 2 aromatic carbocycles. The van der Waals surface area contributed by atoms with E-state index in [2.05, 4.69) is 29.1 Å². The zero-order valence-corrected chi connectivity index (χ0v) is 12.2. The molecule has 0 bridgehead atoms. The molecule has 0 unspecified atom stereocenters. The van der Waals surface area contributed by atoms with Gasteiger partial charge in [-0.25, -0.2) is 0 Å². The van der Waals surface area contributed by atoms with E-state index in [-0.39, 0.29) is 5.91 Å². The van der Waals surface area contributed by atoms with Crippen LogP contribution in [0.1, 0.15) is 27.9 Å². The van der Waals surface area contributed by atoms with Gasteiger partial charge in [0.1, 0.15) is 0 Å². The fourth-order valence-corrected chi connectivity index (χ4v) is 2.66. The number of rotatable bonds is 3. The van der Waals surface area contributed by atoms with Gasteiger partial charge in [0.2, 0.25) is 0 Å². The zero-order valence-electron chi connectivity index (χ0n) is 11.4. The summed E-state index contributed by atoms with van der Waals surface area (Å²) < 4.78 is 0. The first-order valence-electron chi connectivity index (χ1n) is 6.85. The van der Waals surface area contributed by atoms with Gasteiger partial charge < -0.3 is 0 Å². The fourth-order valence-electron chi connectivity index (χ4n) is 2.44. The molecule has 3 nitrogen and oxygen atoms in total.